The van der Waals surface area contributed by atoms with Crippen LogP contribution < -0.4 is 14.8 Å². The van der Waals surface area contributed by atoms with Crippen LogP contribution in [-0.2, 0) is 16.1 Å². The van der Waals surface area contributed by atoms with E-state index in [1.807, 2.05) is 25.1 Å². The zero-order valence-corrected chi connectivity index (χ0v) is 13.3. The number of esters is 1. The molecule has 1 aromatic carbocycles. The number of benzene rings is 1. The Bertz CT molecular complexity index is 448. The van der Waals surface area contributed by atoms with E-state index < -0.39 is 6.10 Å². The highest BCUT2D eigenvalue weighted by Crippen LogP contribution is 2.29. The average Bonchev–Trinajstić information content (AvgIpc) is 2.51. The van der Waals surface area contributed by atoms with Crippen LogP contribution in [0.15, 0.2) is 18.2 Å². The fourth-order valence-corrected chi connectivity index (χ4v) is 1.88. The molecule has 0 aliphatic heterocycles. The van der Waals surface area contributed by atoms with Crippen molar-refractivity contribution >= 4 is 5.97 Å². The fraction of sp³-hybridized carbons (Fsp3) is 0.562. The molecule has 21 heavy (non-hydrogen) atoms. The molecule has 5 heteroatoms. The number of nitrogens with one attached hydrogen (secondary N) is 1. The topological polar surface area (TPSA) is 56.8 Å². The minimum atomic E-state index is -0.613. The van der Waals surface area contributed by atoms with Crippen LogP contribution in [0.25, 0.3) is 0 Å². The Labute approximate surface area is 126 Å². The highest BCUT2D eigenvalue weighted by Gasteiger charge is 2.21. The third-order valence-electron chi connectivity index (χ3n) is 3.00. The molecule has 1 atom stereocenters. The quantitative estimate of drug-likeness (QED) is 0.709. The SMILES string of the molecule is CCNCc1ccc(OC(CC)C(=O)OCC)c(OC)c1. The van der Waals surface area contributed by atoms with E-state index in [2.05, 4.69) is 12.2 Å². The van der Waals surface area contributed by atoms with E-state index in [0.717, 1.165) is 18.7 Å². The van der Waals surface area contributed by atoms with Crippen molar-refractivity contribution in [2.24, 2.45) is 0 Å². The van der Waals surface area contributed by atoms with Crippen molar-refractivity contribution in [3.63, 3.8) is 0 Å². The van der Waals surface area contributed by atoms with Gasteiger partial charge in [0.05, 0.1) is 13.7 Å². The van der Waals surface area contributed by atoms with E-state index in [1.165, 1.54) is 0 Å². The Balaban J connectivity index is 2.83. The van der Waals surface area contributed by atoms with E-state index in [4.69, 9.17) is 14.2 Å². The van der Waals surface area contributed by atoms with Gasteiger partial charge in [-0.2, -0.15) is 0 Å². The Morgan fingerprint density at radius 3 is 2.57 bits per heavy atom. The lowest BCUT2D eigenvalue weighted by molar-refractivity contribution is -0.151. The lowest BCUT2D eigenvalue weighted by Gasteiger charge is -2.18. The van der Waals surface area contributed by atoms with Crippen molar-refractivity contribution in [3.05, 3.63) is 23.8 Å². The summed E-state index contributed by atoms with van der Waals surface area (Å²) in [6.07, 6.45) is -0.0697. The minimum absolute atomic E-state index is 0.345. The summed E-state index contributed by atoms with van der Waals surface area (Å²) < 4.78 is 16.1. The fourth-order valence-electron chi connectivity index (χ4n) is 1.88. The Morgan fingerprint density at radius 1 is 1.24 bits per heavy atom. The van der Waals surface area contributed by atoms with Gasteiger partial charge in [0.2, 0.25) is 0 Å². The monoisotopic (exact) mass is 295 g/mol. The first kappa shape index (κ1) is 17.3. The lowest BCUT2D eigenvalue weighted by Crippen LogP contribution is -2.28. The molecule has 0 aromatic heterocycles. The van der Waals surface area contributed by atoms with Crippen LogP contribution in [0.1, 0.15) is 32.8 Å². The van der Waals surface area contributed by atoms with E-state index >= 15 is 0 Å². The number of methoxy groups -OCH3 is 1. The largest absolute Gasteiger partial charge is 0.493 e. The van der Waals surface area contributed by atoms with Gasteiger partial charge in [0.15, 0.2) is 17.6 Å². The van der Waals surface area contributed by atoms with Crippen molar-refractivity contribution in [2.45, 2.75) is 39.8 Å². The molecule has 1 aromatic rings. The molecule has 0 saturated heterocycles. The highest BCUT2D eigenvalue weighted by atomic mass is 16.6. The van der Waals surface area contributed by atoms with Gasteiger partial charge in [0.1, 0.15) is 0 Å². The number of carbonyl (C=O) groups is 1. The second-order valence-corrected chi connectivity index (χ2v) is 4.53. The third kappa shape index (κ3) is 5.27. The summed E-state index contributed by atoms with van der Waals surface area (Å²) in [7, 11) is 1.59. The Morgan fingerprint density at radius 2 is 2.00 bits per heavy atom. The molecular weight excluding hydrogens is 270 g/mol. The minimum Gasteiger partial charge on any atom is -0.493 e. The molecule has 1 N–H and O–H groups in total. The molecular formula is C16H25NO4. The molecule has 1 unspecified atom stereocenters. The second kappa shape index (κ2) is 9.23. The van der Waals surface area contributed by atoms with Crippen molar-refractivity contribution in [1.82, 2.24) is 5.32 Å². The van der Waals surface area contributed by atoms with Gasteiger partial charge in [-0.25, -0.2) is 4.79 Å². The van der Waals surface area contributed by atoms with Gasteiger partial charge in [-0.1, -0.05) is 19.9 Å². The highest BCUT2D eigenvalue weighted by molar-refractivity contribution is 5.75. The molecule has 1 rings (SSSR count). The maximum atomic E-state index is 11.8. The summed E-state index contributed by atoms with van der Waals surface area (Å²) in [4.78, 5) is 11.8. The molecule has 0 aliphatic rings. The van der Waals surface area contributed by atoms with Gasteiger partial charge < -0.3 is 19.5 Å². The molecule has 0 aliphatic carbocycles. The van der Waals surface area contributed by atoms with Crippen molar-refractivity contribution in [1.29, 1.82) is 0 Å². The lowest BCUT2D eigenvalue weighted by atomic mass is 10.2. The maximum absolute atomic E-state index is 11.8. The van der Waals surface area contributed by atoms with Crippen molar-refractivity contribution in [2.75, 3.05) is 20.3 Å². The van der Waals surface area contributed by atoms with E-state index in [1.54, 1.807) is 14.0 Å². The van der Waals surface area contributed by atoms with Gasteiger partial charge in [-0.3, -0.25) is 0 Å². The van der Waals surface area contributed by atoms with Crippen LogP contribution >= 0.6 is 0 Å². The summed E-state index contributed by atoms with van der Waals surface area (Å²) in [6.45, 7) is 7.73. The molecule has 0 amide bonds. The van der Waals surface area contributed by atoms with Gasteiger partial charge in [-0.15, -0.1) is 0 Å². The predicted octanol–water partition coefficient (Wildman–Crippen LogP) is 2.53. The smallest absolute Gasteiger partial charge is 0.347 e. The molecule has 0 saturated carbocycles. The third-order valence-corrected chi connectivity index (χ3v) is 3.00. The summed E-state index contributed by atoms with van der Waals surface area (Å²) in [5, 5.41) is 3.25. The number of ether oxygens (including phenoxy) is 3. The normalized spacial score (nSPS) is 11.8. The van der Waals surface area contributed by atoms with Gasteiger partial charge in [0, 0.05) is 6.54 Å². The summed E-state index contributed by atoms with van der Waals surface area (Å²) in [6, 6.07) is 5.70. The van der Waals surface area contributed by atoms with Crippen LogP contribution in [0, 0.1) is 0 Å². The van der Waals surface area contributed by atoms with Crippen LogP contribution in [-0.4, -0.2) is 32.3 Å². The van der Waals surface area contributed by atoms with Crippen LogP contribution in [0.4, 0.5) is 0 Å². The Hall–Kier alpha value is -1.75. The zero-order chi connectivity index (χ0) is 15.7. The van der Waals surface area contributed by atoms with E-state index in [-0.39, 0.29) is 5.97 Å². The van der Waals surface area contributed by atoms with E-state index in [0.29, 0.717) is 24.5 Å². The number of hydrogen-bond donors (Lipinski definition) is 1. The molecule has 5 nitrogen and oxygen atoms in total. The molecule has 0 radical (unpaired) electrons. The zero-order valence-electron chi connectivity index (χ0n) is 13.3. The van der Waals surface area contributed by atoms with Gasteiger partial charge in [-0.05, 0) is 37.6 Å². The summed E-state index contributed by atoms with van der Waals surface area (Å²) in [5.41, 5.74) is 1.10. The molecule has 0 fully saturated rings. The van der Waals surface area contributed by atoms with Crippen LogP contribution in [0.3, 0.4) is 0 Å². The van der Waals surface area contributed by atoms with Crippen molar-refractivity contribution < 1.29 is 19.0 Å². The standard InChI is InChI=1S/C16H25NO4/c1-5-13(16(18)20-7-3)21-14-9-8-12(11-17-6-2)10-15(14)19-4/h8-10,13,17H,5-7,11H2,1-4H3. The summed E-state index contributed by atoms with van der Waals surface area (Å²) >= 11 is 0. The molecule has 0 bridgehead atoms. The first-order chi connectivity index (χ1) is 10.2. The molecule has 0 heterocycles. The van der Waals surface area contributed by atoms with Crippen molar-refractivity contribution in [3.8, 4) is 11.5 Å². The number of carbonyl (C=O) groups excluding carboxylic acids is 1. The maximum Gasteiger partial charge on any atom is 0.347 e. The van der Waals surface area contributed by atoms with Crippen LogP contribution in [0.5, 0.6) is 11.5 Å². The molecule has 118 valence electrons. The second-order valence-electron chi connectivity index (χ2n) is 4.53. The van der Waals surface area contributed by atoms with E-state index in [9.17, 15) is 4.79 Å². The van der Waals surface area contributed by atoms with Gasteiger partial charge >= 0.3 is 5.97 Å². The predicted molar refractivity (Wildman–Crippen MR) is 81.7 cm³/mol. The van der Waals surface area contributed by atoms with Crippen LogP contribution in [0.2, 0.25) is 0 Å². The van der Waals surface area contributed by atoms with Gasteiger partial charge in [0.25, 0.3) is 0 Å². The average molecular weight is 295 g/mol. The molecule has 0 spiro atoms. The number of hydrogen-bond acceptors (Lipinski definition) is 5. The number of rotatable bonds is 9. The first-order valence-corrected chi connectivity index (χ1v) is 7.37. The summed E-state index contributed by atoms with van der Waals surface area (Å²) in [5.74, 6) is 0.824. The first-order valence-electron chi connectivity index (χ1n) is 7.37. The Kier molecular flexibility index (Phi) is 7.61.